The van der Waals surface area contributed by atoms with Gasteiger partial charge in [-0.1, -0.05) is 43.0 Å². The molecule has 0 unspecified atom stereocenters. The molecule has 2 aromatic rings. The van der Waals surface area contributed by atoms with Crippen LogP contribution in [0.4, 0.5) is 0 Å². The van der Waals surface area contributed by atoms with Crippen LogP contribution in [0.3, 0.4) is 0 Å². The predicted molar refractivity (Wildman–Crippen MR) is 79.5 cm³/mol. The van der Waals surface area contributed by atoms with Gasteiger partial charge in [-0.2, -0.15) is 0 Å². The molecular formula is C16H14ClN. The monoisotopic (exact) mass is 255 g/mol. The molecule has 0 N–H and O–H groups in total. The fourth-order valence-corrected chi connectivity index (χ4v) is 2.01. The maximum atomic E-state index is 6.00. The standard InChI is InChI=1S/C16H14ClN/c1-4-12-8-14(10-18-16(12)11(2)3)13-6-5-7-15(17)9-13/h4-10H,1-2H2,3H3. The minimum Gasteiger partial charge on any atom is -0.255 e. The first kappa shape index (κ1) is 12.6. The van der Waals surface area contributed by atoms with Crippen molar-refractivity contribution in [3.63, 3.8) is 0 Å². The van der Waals surface area contributed by atoms with Crippen molar-refractivity contribution in [3.05, 3.63) is 66.0 Å². The molecule has 2 rings (SSSR count). The zero-order valence-corrected chi connectivity index (χ0v) is 11.0. The van der Waals surface area contributed by atoms with Crippen molar-refractivity contribution < 1.29 is 0 Å². The zero-order chi connectivity index (χ0) is 13.1. The Bertz CT molecular complexity index is 614. The van der Waals surface area contributed by atoms with Gasteiger partial charge in [0.2, 0.25) is 0 Å². The molecule has 90 valence electrons. The summed E-state index contributed by atoms with van der Waals surface area (Å²) in [7, 11) is 0. The van der Waals surface area contributed by atoms with E-state index < -0.39 is 0 Å². The van der Waals surface area contributed by atoms with Crippen LogP contribution in [-0.4, -0.2) is 4.98 Å². The number of halogens is 1. The van der Waals surface area contributed by atoms with Gasteiger partial charge in [0.25, 0.3) is 0 Å². The molecule has 0 saturated carbocycles. The van der Waals surface area contributed by atoms with Gasteiger partial charge in [-0.25, -0.2) is 0 Å². The molecule has 0 amide bonds. The van der Waals surface area contributed by atoms with E-state index >= 15 is 0 Å². The summed E-state index contributed by atoms with van der Waals surface area (Å²) in [6.07, 6.45) is 3.63. The minimum atomic E-state index is 0.719. The number of benzene rings is 1. The quantitative estimate of drug-likeness (QED) is 0.745. The van der Waals surface area contributed by atoms with Crippen molar-refractivity contribution in [1.82, 2.24) is 4.98 Å². The molecule has 18 heavy (non-hydrogen) atoms. The molecule has 1 aromatic heterocycles. The van der Waals surface area contributed by atoms with Gasteiger partial charge in [0.1, 0.15) is 0 Å². The average molecular weight is 256 g/mol. The molecule has 0 aliphatic carbocycles. The molecule has 1 heterocycles. The smallest absolute Gasteiger partial charge is 0.0725 e. The first-order valence-corrected chi connectivity index (χ1v) is 6.04. The third kappa shape index (κ3) is 2.52. The van der Waals surface area contributed by atoms with Crippen molar-refractivity contribution >= 4 is 23.3 Å². The van der Waals surface area contributed by atoms with Crippen LogP contribution in [0.15, 0.2) is 49.7 Å². The summed E-state index contributed by atoms with van der Waals surface area (Å²) in [5.41, 5.74) is 4.88. The van der Waals surface area contributed by atoms with Crippen molar-refractivity contribution in [3.8, 4) is 11.1 Å². The van der Waals surface area contributed by atoms with Crippen molar-refractivity contribution in [2.75, 3.05) is 0 Å². The number of rotatable bonds is 3. The molecular weight excluding hydrogens is 242 g/mol. The second kappa shape index (κ2) is 5.19. The average Bonchev–Trinajstić information content (AvgIpc) is 2.37. The lowest BCUT2D eigenvalue weighted by atomic mass is 10.0. The SMILES string of the molecule is C=Cc1cc(-c2cccc(Cl)c2)cnc1C(=C)C. The number of pyridine rings is 1. The lowest BCUT2D eigenvalue weighted by Gasteiger charge is -2.08. The highest BCUT2D eigenvalue weighted by Gasteiger charge is 2.05. The summed E-state index contributed by atoms with van der Waals surface area (Å²) in [5.74, 6) is 0. The van der Waals surface area contributed by atoms with Crippen LogP contribution in [0.1, 0.15) is 18.2 Å². The Hall–Kier alpha value is -1.86. The van der Waals surface area contributed by atoms with E-state index in [1.807, 2.05) is 37.4 Å². The fourth-order valence-electron chi connectivity index (χ4n) is 1.82. The second-order valence-corrected chi connectivity index (χ2v) is 4.59. The fraction of sp³-hybridized carbons (Fsp3) is 0.0625. The van der Waals surface area contributed by atoms with E-state index in [9.17, 15) is 0 Å². The Kier molecular flexibility index (Phi) is 3.63. The van der Waals surface area contributed by atoms with E-state index in [0.29, 0.717) is 0 Å². The third-order valence-corrected chi connectivity index (χ3v) is 2.93. The molecule has 0 spiro atoms. The summed E-state index contributed by atoms with van der Waals surface area (Å²) in [6.45, 7) is 9.68. The van der Waals surface area contributed by atoms with Crippen LogP contribution in [0.2, 0.25) is 5.02 Å². The second-order valence-electron chi connectivity index (χ2n) is 4.16. The van der Waals surface area contributed by atoms with Crippen LogP contribution in [0.5, 0.6) is 0 Å². The molecule has 1 aromatic carbocycles. The number of nitrogens with zero attached hydrogens (tertiary/aromatic N) is 1. The topological polar surface area (TPSA) is 12.9 Å². The van der Waals surface area contributed by atoms with Gasteiger partial charge in [0, 0.05) is 22.3 Å². The number of allylic oxidation sites excluding steroid dienone is 1. The zero-order valence-electron chi connectivity index (χ0n) is 10.3. The van der Waals surface area contributed by atoms with Crippen molar-refractivity contribution in [2.24, 2.45) is 0 Å². The summed E-state index contributed by atoms with van der Waals surface area (Å²) in [6, 6.07) is 9.77. The number of aromatic nitrogens is 1. The first-order chi connectivity index (χ1) is 8.61. The summed E-state index contributed by atoms with van der Waals surface area (Å²) >= 11 is 6.00. The van der Waals surface area contributed by atoms with Crippen LogP contribution in [-0.2, 0) is 0 Å². The molecule has 0 aliphatic rings. The van der Waals surface area contributed by atoms with Gasteiger partial charge in [0.05, 0.1) is 5.69 Å². The third-order valence-electron chi connectivity index (χ3n) is 2.70. The summed E-state index contributed by atoms with van der Waals surface area (Å²) in [5, 5.41) is 0.719. The van der Waals surface area contributed by atoms with Crippen LogP contribution in [0.25, 0.3) is 22.8 Å². The van der Waals surface area contributed by atoms with Gasteiger partial charge in [-0.05, 0) is 36.3 Å². The Morgan fingerprint density at radius 3 is 2.67 bits per heavy atom. The van der Waals surface area contributed by atoms with Crippen molar-refractivity contribution in [1.29, 1.82) is 0 Å². The lowest BCUT2D eigenvalue weighted by Crippen LogP contribution is -1.91. The Morgan fingerprint density at radius 1 is 1.28 bits per heavy atom. The summed E-state index contributed by atoms with van der Waals surface area (Å²) < 4.78 is 0. The van der Waals surface area contributed by atoms with Gasteiger partial charge in [-0.3, -0.25) is 4.98 Å². The number of hydrogen-bond donors (Lipinski definition) is 0. The van der Waals surface area contributed by atoms with Gasteiger partial charge in [-0.15, -0.1) is 0 Å². The Balaban J connectivity index is 2.54. The molecule has 0 atom stereocenters. The van der Waals surface area contributed by atoms with Gasteiger partial charge >= 0.3 is 0 Å². The highest BCUT2D eigenvalue weighted by molar-refractivity contribution is 6.30. The normalized spacial score (nSPS) is 10.1. The van der Waals surface area contributed by atoms with E-state index in [-0.39, 0.29) is 0 Å². The van der Waals surface area contributed by atoms with E-state index in [1.165, 1.54) is 0 Å². The molecule has 0 fully saturated rings. The Labute approximate surface area is 112 Å². The Morgan fingerprint density at radius 2 is 2.06 bits per heavy atom. The van der Waals surface area contributed by atoms with E-state index in [2.05, 4.69) is 24.2 Å². The minimum absolute atomic E-state index is 0.719. The van der Waals surface area contributed by atoms with E-state index in [0.717, 1.165) is 33.0 Å². The molecule has 0 aliphatic heterocycles. The van der Waals surface area contributed by atoms with E-state index in [1.54, 1.807) is 6.08 Å². The summed E-state index contributed by atoms with van der Waals surface area (Å²) in [4.78, 5) is 4.44. The largest absolute Gasteiger partial charge is 0.255 e. The highest BCUT2D eigenvalue weighted by atomic mass is 35.5. The molecule has 0 bridgehead atoms. The molecule has 0 saturated heterocycles. The van der Waals surface area contributed by atoms with E-state index in [4.69, 9.17) is 11.6 Å². The van der Waals surface area contributed by atoms with Gasteiger partial charge < -0.3 is 0 Å². The first-order valence-electron chi connectivity index (χ1n) is 5.66. The van der Waals surface area contributed by atoms with Crippen LogP contribution in [0, 0.1) is 0 Å². The lowest BCUT2D eigenvalue weighted by molar-refractivity contribution is 1.26. The predicted octanol–water partition coefficient (Wildman–Crippen LogP) is 5.08. The van der Waals surface area contributed by atoms with Crippen LogP contribution < -0.4 is 0 Å². The van der Waals surface area contributed by atoms with Crippen LogP contribution >= 0.6 is 11.6 Å². The maximum absolute atomic E-state index is 6.00. The molecule has 1 nitrogen and oxygen atoms in total. The molecule has 2 heteroatoms. The maximum Gasteiger partial charge on any atom is 0.0725 e. The highest BCUT2D eigenvalue weighted by Crippen LogP contribution is 2.26. The van der Waals surface area contributed by atoms with Gasteiger partial charge in [0.15, 0.2) is 0 Å². The molecule has 0 radical (unpaired) electrons. The van der Waals surface area contributed by atoms with Crippen molar-refractivity contribution in [2.45, 2.75) is 6.92 Å². The number of hydrogen-bond acceptors (Lipinski definition) is 1.